The Morgan fingerprint density at radius 3 is 2.97 bits per heavy atom. The average molecular weight is 498 g/mol. The van der Waals surface area contributed by atoms with E-state index < -0.39 is 23.7 Å². The Kier molecular flexibility index (Phi) is 8.74. The van der Waals surface area contributed by atoms with E-state index in [9.17, 15) is 14.4 Å². The molecule has 0 aromatic carbocycles. The van der Waals surface area contributed by atoms with Gasteiger partial charge in [0.15, 0.2) is 0 Å². The van der Waals surface area contributed by atoms with Crippen LogP contribution in [0.25, 0.3) is 0 Å². The van der Waals surface area contributed by atoms with Crippen LogP contribution in [-0.4, -0.2) is 63.5 Å². The number of thiol groups is 1. The second-order valence-electron chi connectivity index (χ2n) is 7.61. The van der Waals surface area contributed by atoms with Crippen molar-refractivity contribution in [2.45, 2.75) is 50.4 Å². The number of hydrogen-bond donors (Lipinski definition) is 4. The minimum atomic E-state index is -1.03. The number of nitrogens with zero attached hydrogens (tertiary/aromatic N) is 2. The van der Waals surface area contributed by atoms with Gasteiger partial charge in [-0.15, -0.1) is 23.1 Å². The lowest BCUT2D eigenvalue weighted by Gasteiger charge is -2.25. The number of fused-ring (bicyclic) bond motifs is 4. The number of cyclic esters (lactones) is 1. The van der Waals surface area contributed by atoms with Crippen LogP contribution in [0.2, 0.25) is 0 Å². The lowest BCUT2D eigenvalue weighted by atomic mass is 10.0. The van der Waals surface area contributed by atoms with Gasteiger partial charge in [0, 0.05) is 11.1 Å². The van der Waals surface area contributed by atoms with Crippen molar-refractivity contribution in [1.82, 2.24) is 15.6 Å². The quantitative estimate of drug-likeness (QED) is 0.271. The third-order valence-electron chi connectivity index (χ3n) is 4.88. The van der Waals surface area contributed by atoms with Gasteiger partial charge in [0.2, 0.25) is 11.8 Å². The van der Waals surface area contributed by atoms with E-state index in [0.29, 0.717) is 28.7 Å². The van der Waals surface area contributed by atoms with Crippen LogP contribution in [0, 0.1) is 0 Å². The molecule has 1 aromatic rings. The molecule has 0 saturated heterocycles. The molecule has 0 radical (unpaired) electrons. The van der Waals surface area contributed by atoms with Crippen molar-refractivity contribution >= 4 is 58.6 Å². The summed E-state index contributed by atoms with van der Waals surface area (Å²) in [6.07, 6.45) is 3.54. The highest BCUT2D eigenvalue weighted by atomic mass is 32.2. The predicted octanol–water partition coefficient (Wildman–Crippen LogP) is 1.04. The third-order valence-corrected chi connectivity index (χ3v) is 7.27. The first-order valence-electron chi connectivity index (χ1n) is 10.3. The number of carbonyl (C=O) groups excluding carboxylic acids is 3. The monoisotopic (exact) mass is 497 g/mol. The molecule has 2 aliphatic heterocycles. The Balaban J connectivity index is 1.90. The minimum absolute atomic E-state index is 0.0450. The van der Waals surface area contributed by atoms with Gasteiger partial charge in [0.25, 0.3) is 0 Å². The molecule has 0 aliphatic carbocycles. The maximum absolute atomic E-state index is 13.0. The highest BCUT2D eigenvalue weighted by Crippen LogP contribution is 2.32. The molecule has 0 saturated carbocycles. The van der Waals surface area contributed by atoms with Crippen molar-refractivity contribution < 1.29 is 19.1 Å². The molecule has 2 aliphatic rings. The van der Waals surface area contributed by atoms with Crippen LogP contribution in [0.15, 0.2) is 22.5 Å². The van der Waals surface area contributed by atoms with Gasteiger partial charge < -0.3 is 21.1 Å². The number of amides is 2. The van der Waals surface area contributed by atoms with Gasteiger partial charge in [-0.2, -0.15) is 12.6 Å². The number of rotatable bonds is 5. The summed E-state index contributed by atoms with van der Waals surface area (Å²) in [7, 11) is 0. The number of nitrogens with two attached hydrogens (primary N) is 1. The lowest BCUT2D eigenvalue weighted by Crippen LogP contribution is -2.52. The third kappa shape index (κ3) is 6.33. The van der Waals surface area contributed by atoms with Crippen molar-refractivity contribution in [3.05, 3.63) is 28.2 Å². The average Bonchev–Trinajstić information content (AvgIpc) is 3.39. The normalized spacial score (nSPS) is 27.1. The predicted molar refractivity (Wildman–Crippen MR) is 129 cm³/mol. The van der Waals surface area contributed by atoms with E-state index in [1.807, 2.05) is 11.5 Å². The maximum Gasteiger partial charge on any atom is 0.329 e. The molecule has 3 atom stereocenters. The van der Waals surface area contributed by atoms with E-state index in [1.54, 1.807) is 13.0 Å². The number of thiazole rings is 1. The second-order valence-corrected chi connectivity index (χ2v) is 9.96. The second kappa shape index (κ2) is 11.3. The molecule has 4 bridgehead atoms. The maximum atomic E-state index is 13.0. The number of aliphatic imine (C=N–C) groups is 1. The molecule has 3 heterocycles. The minimum Gasteiger partial charge on any atom is -0.456 e. The van der Waals surface area contributed by atoms with Crippen LogP contribution in [0.3, 0.4) is 0 Å². The van der Waals surface area contributed by atoms with E-state index in [2.05, 4.69) is 33.2 Å². The summed E-state index contributed by atoms with van der Waals surface area (Å²) in [6, 6.07) is -0.934. The summed E-state index contributed by atoms with van der Waals surface area (Å²) in [5, 5.41) is 8.82. The van der Waals surface area contributed by atoms with Gasteiger partial charge in [-0.3, -0.25) is 14.6 Å². The molecule has 0 spiro atoms. The van der Waals surface area contributed by atoms with E-state index in [1.165, 1.54) is 23.1 Å². The highest BCUT2D eigenvalue weighted by molar-refractivity contribution is 8.14. The summed E-state index contributed by atoms with van der Waals surface area (Å²) in [5.74, 6) is -0.234. The SMILES string of the molecule is C[C@@]12CSC(=N1)c1csc(n1)CNC(=O)C[C@@H](/C=C/CCS)OC(=O)[C@H](CCN)NC2=O. The molecule has 4 N–H and O–H groups in total. The number of hydrogen-bond acceptors (Lipinski definition) is 10. The van der Waals surface area contributed by atoms with Crippen molar-refractivity contribution in [3.63, 3.8) is 0 Å². The van der Waals surface area contributed by atoms with Crippen molar-refractivity contribution in [3.8, 4) is 0 Å². The number of aromatic nitrogens is 1. The van der Waals surface area contributed by atoms with Crippen LogP contribution in [0.1, 0.15) is 36.9 Å². The van der Waals surface area contributed by atoms with Gasteiger partial charge in [-0.05, 0) is 38.1 Å². The van der Waals surface area contributed by atoms with Gasteiger partial charge in [0.1, 0.15) is 33.4 Å². The fourth-order valence-electron chi connectivity index (χ4n) is 3.10. The number of ether oxygens (including phenoxy) is 1. The Morgan fingerprint density at radius 1 is 1.41 bits per heavy atom. The first kappa shape index (κ1) is 24.7. The van der Waals surface area contributed by atoms with Crippen molar-refractivity contribution in [2.75, 3.05) is 18.1 Å². The van der Waals surface area contributed by atoms with E-state index >= 15 is 0 Å². The fraction of sp³-hybridized carbons (Fsp3) is 0.550. The molecule has 1 aromatic heterocycles. The summed E-state index contributed by atoms with van der Waals surface area (Å²) in [4.78, 5) is 47.5. The van der Waals surface area contributed by atoms with E-state index in [4.69, 9.17) is 10.5 Å². The molecule has 9 nitrogen and oxygen atoms in total. The summed E-state index contributed by atoms with van der Waals surface area (Å²) in [5.41, 5.74) is 5.31. The molecule has 0 unspecified atom stereocenters. The van der Waals surface area contributed by atoms with Gasteiger partial charge in [-0.25, -0.2) is 9.78 Å². The Morgan fingerprint density at radius 2 is 2.22 bits per heavy atom. The summed E-state index contributed by atoms with van der Waals surface area (Å²) < 4.78 is 5.59. The van der Waals surface area contributed by atoms with Gasteiger partial charge in [0.05, 0.1) is 13.0 Å². The number of esters is 1. The first-order valence-corrected chi connectivity index (χ1v) is 12.8. The van der Waals surface area contributed by atoms with Crippen LogP contribution in [0.5, 0.6) is 0 Å². The number of thioether (sulfide) groups is 1. The molecule has 2 amide bonds. The standard InChI is InChI=1S/C20H27N5O4S3/c1-20-11-32-17(25-20)14-10-31-16(23-14)9-22-15(26)8-12(4-2-3-7-30)29-18(27)13(5-6-21)24-19(20)28/h2,4,10,12-13,30H,3,5-9,11,21H2,1H3,(H,22,26)(H,24,28)/b4-2+/t12-,13+,20+/m1/s1. The highest BCUT2D eigenvalue weighted by Gasteiger charge is 2.41. The Hall–Kier alpha value is -1.89. The molecule has 0 fully saturated rings. The molecule has 12 heteroatoms. The number of carbonyl (C=O) groups is 3. The fourth-order valence-corrected chi connectivity index (χ4v) is 5.17. The molecule has 174 valence electrons. The van der Waals surface area contributed by atoms with E-state index in [-0.39, 0.29) is 37.7 Å². The Labute approximate surface area is 200 Å². The van der Waals surface area contributed by atoms with Gasteiger partial charge in [-0.1, -0.05) is 6.08 Å². The Bertz CT molecular complexity index is 919. The van der Waals surface area contributed by atoms with Crippen LogP contribution >= 0.6 is 35.7 Å². The molecular formula is C20H27N5O4S3. The van der Waals surface area contributed by atoms with E-state index in [0.717, 1.165) is 5.01 Å². The van der Waals surface area contributed by atoms with Crippen molar-refractivity contribution in [2.24, 2.45) is 10.7 Å². The first-order chi connectivity index (χ1) is 15.3. The summed E-state index contributed by atoms with van der Waals surface area (Å²) in [6.45, 7) is 2.17. The van der Waals surface area contributed by atoms with Crippen LogP contribution in [0.4, 0.5) is 0 Å². The van der Waals surface area contributed by atoms with Crippen LogP contribution < -0.4 is 16.4 Å². The molecule has 3 rings (SSSR count). The largest absolute Gasteiger partial charge is 0.456 e. The van der Waals surface area contributed by atoms with Gasteiger partial charge >= 0.3 is 5.97 Å². The zero-order chi connectivity index (χ0) is 23.1. The lowest BCUT2D eigenvalue weighted by molar-refractivity contribution is -0.152. The zero-order valence-corrected chi connectivity index (χ0v) is 20.2. The van der Waals surface area contributed by atoms with Crippen LogP contribution in [-0.2, 0) is 25.7 Å². The summed E-state index contributed by atoms with van der Waals surface area (Å²) >= 11 is 7.01. The van der Waals surface area contributed by atoms with Crippen molar-refractivity contribution in [1.29, 1.82) is 0 Å². The smallest absolute Gasteiger partial charge is 0.329 e. The zero-order valence-electron chi connectivity index (χ0n) is 17.7. The molecular weight excluding hydrogens is 470 g/mol. The topological polar surface area (TPSA) is 136 Å². The molecule has 32 heavy (non-hydrogen) atoms. The number of nitrogens with one attached hydrogen (secondary N) is 2. The number of allylic oxidation sites excluding steroid dienone is 1.